The number of thioether (sulfide) groups is 1. The van der Waals surface area contributed by atoms with E-state index in [-0.39, 0.29) is 23.5 Å². The van der Waals surface area contributed by atoms with Gasteiger partial charge in [0.2, 0.25) is 5.91 Å². The van der Waals surface area contributed by atoms with Crippen molar-refractivity contribution in [2.45, 2.75) is 24.5 Å². The van der Waals surface area contributed by atoms with Gasteiger partial charge in [-0.25, -0.2) is 0 Å². The summed E-state index contributed by atoms with van der Waals surface area (Å²) in [5, 5.41) is 12.2. The SMILES string of the molecule is CN1C(=O)c2ccc(NC(=O)CSc3nnc(CN4CCCC4)n3-c3ccccc3)cc2C1=O. The first-order valence-electron chi connectivity index (χ1n) is 11.1. The number of rotatable bonds is 7. The Hall–Kier alpha value is -3.50. The number of hydrogen-bond acceptors (Lipinski definition) is 7. The largest absolute Gasteiger partial charge is 0.325 e. The number of carbonyl (C=O) groups is 3. The third kappa shape index (κ3) is 4.34. The normalized spacial score (nSPS) is 15.7. The molecule has 3 amide bonds. The van der Waals surface area contributed by atoms with E-state index in [1.54, 1.807) is 18.2 Å². The minimum atomic E-state index is -0.369. The topological polar surface area (TPSA) is 100 Å². The molecule has 2 aromatic carbocycles. The summed E-state index contributed by atoms with van der Waals surface area (Å²) in [4.78, 5) is 40.4. The Morgan fingerprint density at radius 3 is 2.50 bits per heavy atom. The molecule has 3 aromatic rings. The summed E-state index contributed by atoms with van der Waals surface area (Å²) in [7, 11) is 1.44. The van der Waals surface area contributed by atoms with Crippen molar-refractivity contribution in [2.24, 2.45) is 0 Å². The summed E-state index contributed by atoms with van der Waals surface area (Å²) in [5.41, 5.74) is 2.07. The van der Waals surface area contributed by atoms with Crippen LogP contribution in [0.3, 0.4) is 0 Å². The van der Waals surface area contributed by atoms with Gasteiger partial charge in [0.15, 0.2) is 11.0 Å². The van der Waals surface area contributed by atoms with E-state index in [1.165, 1.54) is 31.7 Å². The molecule has 2 aliphatic heterocycles. The molecule has 1 fully saturated rings. The van der Waals surface area contributed by atoms with E-state index in [4.69, 9.17) is 0 Å². The molecule has 1 N–H and O–H groups in total. The van der Waals surface area contributed by atoms with E-state index in [0.717, 1.165) is 29.5 Å². The average Bonchev–Trinajstić information content (AvgIpc) is 3.56. The number of anilines is 1. The van der Waals surface area contributed by atoms with Crippen molar-refractivity contribution in [3.8, 4) is 5.69 Å². The molecular formula is C24H24N6O3S. The first-order valence-corrected chi connectivity index (χ1v) is 12.1. The van der Waals surface area contributed by atoms with Crippen molar-refractivity contribution < 1.29 is 14.4 Å². The van der Waals surface area contributed by atoms with Crippen molar-refractivity contribution in [2.75, 3.05) is 31.2 Å². The van der Waals surface area contributed by atoms with Gasteiger partial charge >= 0.3 is 0 Å². The number of likely N-dealkylation sites (tertiary alicyclic amines) is 1. The Balaban J connectivity index is 1.30. The van der Waals surface area contributed by atoms with Crippen LogP contribution in [0.1, 0.15) is 39.4 Å². The second-order valence-electron chi connectivity index (χ2n) is 8.32. The zero-order chi connectivity index (χ0) is 23.7. The molecular weight excluding hydrogens is 452 g/mol. The number of hydrogen-bond donors (Lipinski definition) is 1. The van der Waals surface area contributed by atoms with Gasteiger partial charge in [-0.1, -0.05) is 30.0 Å². The highest BCUT2D eigenvalue weighted by molar-refractivity contribution is 7.99. The molecule has 0 unspecified atom stereocenters. The van der Waals surface area contributed by atoms with Gasteiger partial charge in [-0.2, -0.15) is 0 Å². The van der Waals surface area contributed by atoms with E-state index in [1.807, 2.05) is 34.9 Å². The Morgan fingerprint density at radius 2 is 1.74 bits per heavy atom. The van der Waals surface area contributed by atoms with E-state index >= 15 is 0 Å². The maximum atomic E-state index is 12.7. The van der Waals surface area contributed by atoms with Crippen LogP contribution in [0.25, 0.3) is 5.69 Å². The number of amides is 3. The van der Waals surface area contributed by atoms with Crippen LogP contribution in [0.4, 0.5) is 5.69 Å². The molecule has 174 valence electrons. The predicted molar refractivity (Wildman–Crippen MR) is 128 cm³/mol. The van der Waals surface area contributed by atoms with Gasteiger partial charge < -0.3 is 5.32 Å². The smallest absolute Gasteiger partial charge is 0.261 e. The van der Waals surface area contributed by atoms with Crippen molar-refractivity contribution in [3.63, 3.8) is 0 Å². The fourth-order valence-corrected chi connectivity index (χ4v) is 5.01. The molecule has 3 heterocycles. The molecule has 0 aliphatic carbocycles. The number of nitrogens with one attached hydrogen (secondary N) is 1. The van der Waals surface area contributed by atoms with Crippen LogP contribution in [0, 0.1) is 0 Å². The van der Waals surface area contributed by atoms with Crippen molar-refractivity contribution in [1.82, 2.24) is 24.6 Å². The molecule has 10 heteroatoms. The highest BCUT2D eigenvalue weighted by atomic mass is 32.2. The first kappa shape index (κ1) is 22.3. The van der Waals surface area contributed by atoms with Crippen LogP contribution in [0.5, 0.6) is 0 Å². The van der Waals surface area contributed by atoms with Gasteiger partial charge in [0, 0.05) is 18.4 Å². The van der Waals surface area contributed by atoms with Gasteiger partial charge in [-0.05, 0) is 56.3 Å². The van der Waals surface area contributed by atoms with Gasteiger partial charge in [0.25, 0.3) is 11.8 Å². The van der Waals surface area contributed by atoms with E-state index in [9.17, 15) is 14.4 Å². The molecule has 0 bridgehead atoms. The number of fused-ring (bicyclic) bond motifs is 1. The lowest BCUT2D eigenvalue weighted by Gasteiger charge is -2.16. The van der Waals surface area contributed by atoms with E-state index in [0.29, 0.717) is 28.5 Å². The quantitative estimate of drug-likeness (QED) is 0.413. The van der Waals surface area contributed by atoms with Crippen LogP contribution in [0.15, 0.2) is 53.7 Å². The van der Waals surface area contributed by atoms with Crippen molar-refractivity contribution in [1.29, 1.82) is 0 Å². The molecule has 34 heavy (non-hydrogen) atoms. The molecule has 0 atom stereocenters. The predicted octanol–water partition coefficient (Wildman–Crippen LogP) is 2.82. The fraction of sp³-hybridized carbons (Fsp3) is 0.292. The summed E-state index contributed by atoms with van der Waals surface area (Å²) in [6.45, 7) is 2.82. The first-order chi connectivity index (χ1) is 16.5. The number of aromatic nitrogens is 3. The van der Waals surface area contributed by atoms with E-state index in [2.05, 4.69) is 20.4 Å². The molecule has 5 rings (SSSR count). The number of benzene rings is 2. The minimum absolute atomic E-state index is 0.124. The van der Waals surface area contributed by atoms with Crippen LogP contribution >= 0.6 is 11.8 Å². The van der Waals surface area contributed by atoms with Crippen LogP contribution in [-0.4, -0.2) is 68.2 Å². The van der Waals surface area contributed by atoms with E-state index < -0.39 is 0 Å². The summed E-state index contributed by atoms with van der Waals surface area (Å²) >= 11 is 1.30. The van der Waals surface area contributed by atoms with Gasteiger partial charge in [-0.3, -0.25) is 28.8 Å². The standard InChI is InChI=1S/C24H24N6O3S/c1-28-22(32)18-10-9-16(13-19(18)23(28)33)25-21(31)15-34-24-27-26-20(14-29-11-5-6-12-29)30(24)17-7-3-2-4-8-17/h2-4,7-10,13H,5-6,11-12,14-15H2,1H3,(H,25,31). The number of imide groups is 1. The summed E-state index contributed by atoms with van der Waals surface area (Å²) in [6, 6.07) is 14.6. The highest BCUT2D eigenvalue weighted by Crippen LogP contribution is 2.26. The van der Waals surface area contributed by atoms with Gasteiger partial charge in [0.1, 0.15) is 0 Å². The summed E-state index contributed by atoms with van der Waals surface area (Å²) < 4.78 is 2.01. The third-order valence-electron chi connectivity index (χ3n) is 5.98. The Kier molecular flexibility index (Phi) is 6.16. The molecule has 0 spiro atoms. The lowest BCUT2D eigenvalue weighted by molar-refractivity contribution is -0.113. The number of para-hydroxylation sites is 1. The van der Waals surface area contributed by atoms with Gasteiger partial charge in [0.05, 0.1) is 23.4 Å². The summed E-state index contributed by atoms with van der Waals surface area (Å²) in [6.07, 6.45) is 2.39. The molecule has 0 saturated carbocycles. The third-order valence-corrected chi connectivity index (χ3v) is 6.91. The van der Waals surface area contributed by atoms with Crippen LogP contribution < -0.4 is 5.32 Å². The zero-order valence-electron chi connectivity index (χ0n) is 18.7. The second kappa shape index (κ2) is 9.40. The molecule has 9 nitrogen and oxygen atoms in total. The van der Waals surface area contributed by atoms with Crippen LogP contribution in [0.2, 0.25) is 0 Å². The number of carbonyl (C=O) groups excluding carboxylic acids is 3. The van der Waals surface area contributed by atoms with Crippen molar-refractivity contribution in [3.05, 3.63) is 65.5 Å². The zero-order valence-corrected chi connectivity index (χ0v) is 19.5. The monoisotopic (exact) mass is 476 g/mol. The lowest BCUT2D eigenvalue weighted by atomic mass is 10.1. The maximum absolute atomic E-state index is 12.7. The molecule has 0 radical (unpaired) electrons. The van der Waals surface area contributed by atoms with Crippen molar-refractivity contribution >= 4 is 35.2 Å². The van der Waals surface area contributed by atoms with Gasteiger partial charge in [-0.15, -0.1) is 10.2 Å². The molecule has 1 saturated heterocycles. The maximum Gasteiger partial charge on any atom is 0.261 e. The fourth-order valence-electron chi connectivity index (χ4n) is 4.24. The number of nitrogens with zero attached hydrogens (tertiary/aromatic N) is 5. The van der Waals surface area contributed by atoms with Crippen LogP contribution in [-0.2, 0) is 11.3 Å². The Bertz CT molecular complexity index is 1250. The molecule has 1 aromatic heterocycles. The Morgan fingerprint density at radius 1 is 1.00 bits per heavy atom. The lowest BCUT2D eigenvalue weighted by Crippen LogP contribution is -2.24. The molecule has 2 aliphatic rings. The Labute approximate surface area is 201 Å². The second-order valence-corrected chi connectivity index (χ2v) is 9.26. The average molecular weight is 477 g/mol. The summed E-state index contributed by atoms with van der Waals surface area (Å²) in [5.74, 6) is 0.0320. The highest BCUT2D eigenvalue weighted by Gasteiger charge is 2.32. The minimum Gasteiger partial charge on any atom is -0.325 e.